The number of carbonyl (C=O) groups excluding carboxylic acids is 1. The summed E-state index contributed by atoms with van der Waals surface area (Å²) in [7, 11) is 0. The number of rotatable bonds is 3. The zero-order chi connectivity index (χ0) is 14.7. The second kappa shape index (κ2) is 7.07. The van der Waals surface area contributed by atoms with Gasteiger partial charge in [-0.25, -0.2) is 0 Å². The van der Waals surface area contributed by atoms with Crippen LogP contribution in [-0.4, -0.2) is 67.7 Å². The second-order valence-corrected chi connectivity index (χ2v) is 6.74. The van der Waals surface area contributed by atoms with Gasteiger partial charge in [0.05, 0.1) is 0 Å². The molecule has 0 spiro atoms. The highest BCUT2D eigenvalue weighted by atomic mass is 16.5. The third kappa shape index (κ3) is 3.41. The molecule has 3 aliphatic rings. The van der Waals surface area contributed by atoms with Gasteiger partial charge in [-0.05, 0) is 38.1 Å². The van der Waals surface area contributed by atoms with E-state index >= 15 is 0 Å². The molecule has 2 aliphatic heterocycles. The lowest BCUT2D eigenvalue weighted by Crippen LogP contribution is -2.54. The van der Waals surface area contributed by atoms with Crippen LogP contribution < -0.4 is 5.73 Å². The maximum Gasteiger partial charge on any atom is 0.226 e. The predicted molar refractivity (Wildman–Crippen MR) is 81.9 cm³/mol. The van der Waals surface area contributed by atoms with Crippen molar-refractivity contribution in [2.24, 2.45) is 17.6 Å². The van der Waals surface area contributed by atoms with Crippen LogP contribution in [0, 0.1) is 11.8 Å². The van der Waals surface area contributed by atoms with Crippen LogP contribution in [0.25, 0.3) is 0 Å². The monoisotopic (exact) mass is 295 g/mol. The Balaban J connectivity index is 1.49. The number of amides is 1. The molecule has 0 bridgehead atoms. The lowest BCUT2D eigenvalue weighted by molar-refractivity contribution is -0.139. The van der Waals surface area contributed by atoms with E-state index in [9.17, 15) is 4.79 Å². The van der Waals surface area contributed by atoms with Crippen molar-refractivity contribution >= 4 is 5.91 Å². The molecule has 0 aromatic carbocycles. The highest BCUT2D eigenvalue weighted by Crippen LogP contribution is 2.32. The van der Waals surface area contributed by atoms with Crippen LogP contribution in [-0.2, 0) is 9.53 Å². The van der Waals surface area contributed by atoms with E-state index in [2.05, 4.69) is 9.80 Å². The van der Waals surface area contributed by atoms with Crippen LogP contribution in [0.15, 0.2) is 0 Å². The Bertz CT molecular complexity index is 349. The van der Waals surface area contributed by atoms with Crippen molar-refractivity contribution in [2.45, 2.75) is 38.1 Å². The van der Waals surface area contributed by atoms with Crippen LogP contribution in [0.3, 0.4) is 0 Å². The molecule has 3 fully saturated rings. The molecular weight excluding hydrogens is 266 g/mol. The number of ether oxygens (including phenoxy) is 1. The van der Waals surface area contributed by atoms with Gasteiger partial charge in [0.15, 0.2) is 0 Å². The minimum atomic E-state index is 0.199. The smallest absolute Gasteiger partial charge is 0.226 e. The number of piperazine rings is 1. The van der Waals surface area contributed by atoms with E-state index in [0.717, 1.165) is 65.1 Å². The molecule has 5 heteroatoms. The summed E-state index contributed by atoms with van der Waals surface area (Å²) in [5, 5.41) is 0. The van der Waals surface area contributed by atoms with Crippen molar-refractivity contribution in [1.82, 2.24) is 9.80 Å². The molecule has 1 aliphatic carbocycles. The summed E-state index contributed by atoms with van der Waals surface area (Å²) in [5.74, 6) is 0.991. The standard InChI is InChI=1S/C16H29N3O2/c17-12-13-2-1-3-15(13)16(20)19-8-6-18(7-9-19)14-4-10-21-11-5-14/h13-15H,1-12,17H2/t13-,15-/m1/s1. The fourth-order valence-electron chi connectivity index (χ4n) is 4.24. The van der Waals surface area contributed by atoms with E-state index in [1.165, 1.54) is 6.42 Å². The van der Waals surface area contributed by atoms with Crippen molar-refractivity contribution in [3.63, 3.8) is 0 Å². The van der Waals surface area contributed by atoms with Crippen LogP contribution >= 0.6 is 0 Å². The van der Waals surface area contributed by atoms with Gasteiger partial charge >= 0.3 is 0 Å². The van der Waals surface area contributed by atoms with Crippen LogP contribution in [0.2, 0.25) is 0 Å². The molecule has 0 aromatic heterocycles. The molecule has 21 heavy (non-hydrogen) atoms. The zero-order valence-corrected chi connectivity index (χ0v) is 13.0. The lowest BCUT2D eigenvalue weighted by Gasteiger charge is -2.41. The summed E-state index contributed by atoms with van der Waals surface area (Å²) in [5.41, 5.74) is 5.82. The van der Waals surface area contributed by atoms with E-state index in [-0.39, 0.29) is 5.92 Å². The van der Waals surface area contributed by atoms with Crippen molar-refractivity contribution in [3.05, 3.63) is 0 Å². The molecule has 1 saturated carbocycles. The Morgan fingerprint density at radius 3 is 2.43 bits per heavy atom. The molecule has 0 radical (unpaired) electrons. The Hall–Kier alpha value is -0.650. The fraction of sp³-hybridized carbons (Fsp3) is 0.938. The first-order chi connectivity index (χ1) is 10.3. The van der Waals surface area contributed by atoms with Crippen LogP contribution in [0.5, 0.6) is 0 Å². The number of nitrogens with two attached hydrogens (primary N) is 1. The first-order valence-corrected chi connectivity index (χ1v) is 8.60. The third-order valence-electron chi connectivity index (χ3n) is 5.61. The third-order valence-corrected chi connectivity index (χ3v) is 5.61. The molecule has 2 saturated heterocycles. The van der Waals surface area contributed by atoms with E-state index in [1.54, 1.807) is 0 Å². The van der Waals surface area contributed by atoms with Gasteiger partial charge in [-0.3, -0.25) is 9.69 Å². The molecule has 120 valence electrons. The predicted octanol–water partition coefficient (Wildman–Crippen LogP) is 0.685. The Labute approximate surface area is 127 Å². The summed E-state index contributed by atoms with van der Waals surface area (Å²) >= 11 is 0. The van der Waals surface area contributed by atoms with E-state index in [0.29, 0.717) is 24.4 Å². The van der Waals surface area contributed by atoms with Crippen molar-refractivity contribution in [1.29, 1.82) is 0 Å². The normalized spacial score (nSPS) is 32.5. The average Bonchev–Trinajstić information content (AvgIpc) is 3.04. The van der Waals surface area contributed by atoms with Crippen molar-refractivity contribution < 1.29 is 9.53 Å². The molecule has 2 heterocycles. The van der Waals surface area contributed by atoms with Gasteiger partial charge in [0, 0.05) is 51.4 Å². The molecule has 3 rings (SSSR count). The van der Waals surface area contributed by atoms with Gasteiger partial charge in [-0.15, -0.1) is 0 Å². The van der Waals surface area contributed by atoms with Gasteiger partial charge in [-0.2, -0.15) is 0 Å². The Morgan fingerprint density at radius 2 is 1.76 bits per heavy atom. The molecule has 2 N–H and O–H groups in total. The van der Waals surface area contributed by atoms with Gasteiger partial charge in [0.1, 0.15) is 0 Å². The van der Waals surface area contributed by atoms with Crippen molar-refractivity contribution in [3.8, 4) is 0 Å². The molecule has 2 atom stereocenters. The maximum absolute atomic E-state index is 12.7. The topological polar surface area (TPSA) is 58.8 Å². The Morgan fingerprint density at radius 1 is 1.05 bits per heavy atom. The van der Waals surface area contributed by atoms with Gasteiger partial charge < -0.3 is 15.4 Å². The summed E-state index contributed by atoms with van der Waals surface area (Å²) < 4.78 is 5.44. The lowest BCUT2D eigenvalue weighted by atomic mass is 9.94. The van der Waals surface area contributed by atoms with Gasteiger partial charge in [0.25, 0.3) is 0 Å². The summed E-state index contributed by atoms with van der Waals surface area (Å²) in [6.07, 6.45) is 5.63. The molecule has 0 unspecified atom stereocenters. The molecule has 5 nitrogen and oxygen atoms in total. The van der Waals surface area contributed by atoms with Gasteiger partial charge in [-0.1, -0.05) is 6.42 Å². The van der Waals surface area contributed by atoms with Crippen LogP contribution in [0.4, 0.5) is 0 Å². The first kappa shape index (κ1) is 15.3. The molecule has 1 amide bonds. The Kier molecular flexibility index (Phi) is 5.14. The highest BCUT2D eigenvalue weighted by Gasteiger charge is 2.36. The minimum absolute atomic E-state index is 0.199. The molecular formula is C16H29N3O2. The zero-order valence-electron chi connectivity index (χ0n) is 13.0. The summed E-state index contributed by atoms with van der Waals surface area (Å²) in [6.45, 7) is 6.29. The number of hydrogen-bond donors (Lipinski definition) is 1. The first-order valence-electron chi connectivity index (χ1n) is 8.60. The minimum Gasteiger partial charge on any atom is -0.381 e. The fourth-order valence-corrected chi connectivity index (χ4v) is 4.24. The number of carbonyl (C=O) groups is 1. The summed E-state index contributed by atoms with van der Waals surface area (Å²) in [4.78, 5) is 17.3. The summed E-state index contributed by atoms with van der Waals surface area (Å²) in [6, 6.07) is 0.666. The number of hydrogen-bond acceptors (Lipinski definition) is 4. The number of nitrogens with zero attached hydrogens (tertiary/aromatic N) is 2. The van der Waals surface area contributed by atoms with E-state index in [1.807, 2.05) is 0 Å². The van der Waals surface area contributed by atoms with Gasteiger partial charge in [0.2, 0.25) is 5.91 Å². The largest absolute Gasteiger partial charge is 0.381 e. The SMILES string of the molecule is NC[C@H]1CCC[C@H]1C(=O)N1CCN(C2CCOCC2)CC1. The van der Waals surface area contributed by atoms with Crippen molar-refractivity contribution in [2.75, 3.05) is 45.9 Å². The average molecular weight is 295 g/mol. The second-order valence-electron chi connectivity index (χ2n) is 6.74. The molecule has 0 aromatic rings. The quantitative estimate of drug-likeness (QED) is 0.832. The van der Waals surface area contributed by atoms with E-state index in [4.69, 9.17) is 10.5 Å². The highest BCUT2D eigenvalue weighted by molar-refractivity contribution is 5.79. The van der Waals surface area contributed by atoms with E-state index < -0.39 is 0 Å². The maximum atomic E-state index is 12.7. The van der Waals surface area contributed by atoms with Crippen LogP contribution in [0.1, 0.15) is 32.1 Å².